The summed E-state index contributed by atoms with van der Waals surface area (Å²) in [5, 5.41) is 2.91. The van der Waals surface area contributed by atoms with E-state index >= 15 is 0 Å². The van der Waals surface area contributed by atoms with Gasteiger partial charge in [0, 0.05) is 36.2 Å². The summed E-state index contributed by atoms with van der Waals surface area (Å²) in [7, 11) is 2.05. The summed E-state index contributed by atoms with van der Waals surface area (Å²) >= 11 is 0. The summed E-state index contributed by atoms with van der Waals surface area (Å²) in [6.07, 6.45) is 1.09. The highest BCUT2D eigenvalue weighted by Crippen LogP contribution is 2.20. The largest absolute Gasteiger partial charge is 0.399 e. The minimum absolute atomic E-state index is 0.126. The Bertz CT molecular complexity index is 650. The van der Waals surface area contributed by atoms with Gasteiger partial charge in [0.2, 0.25) is 0 Å². The van der Waals surface area contributed by atoms with Crippen molar-refractivity contribution in [3.8, 4) is 0 Å². The van der Waals surface area contributed by atoms with Crippen molar-refractivity contribution in [1.29, 1.82) is 0 Å². The normalized spacial score (nSPS) is 10.3. The number of nitrogen functional groups attached to an aromatic ring is 1. The van der Waals surface area contributed by atoms with Gasteiger partial charge in [-0.25, -0.2) is 0 Å². The smallest absolute Gasteiger partial charge is 0.255 e. The Morgan fingerprint density at radius 2 is 1.86 bits per heavy atom. The van der Waals surface area contributed by atoms with Gasteiger partial charge in [0.05, 0.1) is 0 Å². The molecule has 2 aromatic carbocycles. The number of nitrogens with one attached hydrogen (secondary N) is 1. The maximum absolute atomic E-state index is 12.3. The molecule has 4 nitrogen and oxygen atoms in total. The highest BCUT2D eigenvalue weighted by molar-refractivity contribution is 6.05. The number of benzene rings is 2. The third kappa shape index (κ3) is 3.79. The Balaban J connectivity index is 2.11. The van der Waals surface area contributed by atoms with Gasteiger partial charge < -0.3 is 16.0 Å². The fourth-order valence-electron chi connectivity index (χ4n) is 2.30. The first-order valence-corrected chi connectivity index (χ1v) is 7.50. The molecule has 1 amide bonds. The Hall–Kier alpha value is -2.49. The highest BCUT2D eigenvalue weighted by Gasteiger charge is 2.09. The minimum Gasteiger partial charge on any atom is -0.399 e. The molecule has 0 saturated carbocycles. The van der Waals surface area contributed by atoms with Gasteiger partial charge in [-0.05, 0) is 55.3 Å². The summed E-state index contributed by atoms with van der Waals surface area (Å²) in [6.45, 7) is 5.08. The van der Waals surface area contributed by atoms with Crippen LogP contribution in [0.4, 0.5) is 17.1 Å². The molecule has 2 aromatic rings. The summed E-state index contributed by atoms with van der Waals surface area (Å²) in [5.74, 6) is -0.126. The molecule has 0 radical (unpaired) electrons. The average molecular weight is 297 g/mol. The van der Waals surface area contributed by atoms with Gasteiger partial charge >= 0.3 is 0 Å². The van der Waals surface area contributed by atoms with Crippen molar-refractivity contribution in [1.82, 2.24) is 0 Å². The van der Waals surface area contributed by atoms with Gasteiger partial charge in [0.15, 0.2) is 0 Å². The number of amides is 1. The van der Waals surface area contributed by atoms with Crippen molar-refractivity contribution in [2.45, 2.75) is 20.3 Å². The Labute approximate surface area is 131 Å². The van der Waals surface area contributed by atoms with Crippen LogP contribution in [0, 0.1) is 6.92 Å². The molecule has 0 fully saturated rings. The lowest BCUT2D eigenvalue weighted by molar-refractivity contribution is 0.102. The van der Waals surface area contributed by atoms with Crippen molar-refractivity contribution in [2.75, 3.05) is 29.5 Å². The Morgan fingerprint density at radius 3 is 2.50 bits per heavy atom. The molecule has 0 aliphatic rings. The molecular weight excluding hydrogens is 274 g/mol. The van der Waals surface area contributed by atoms with Crippen molar-refractivity contribution < 1.29 is 4.79 Å². The second-order valence-electron chi connectivity index (χ2n) is 5.50. The maximum atomic E-state index is 12.3. The van der Waals surface area contributed by atoms with E-state index in [0.29, 0.717) is 11.3 Å². The van der Waals surface area contributed by atoms with Crippen LogP contribution < -0.4 is 16.0 Å². The third-order valence-electron chi connectivity index (χ3n) is 3.64. The van der Waals surface area contributed by atoms with E-state index in [1.165, 1.54) is 0 Å². The van der Waals surface area contributed by atoms with E-state index in [0.717, 1.165) is 29.9 Å². The SMILES string of the molecule is CCCN(C)c1ccc(C(=O)Nc2cc(N)ccc2C)cc1. The second-order valence-corrected chi connectivity index (χ2v) is 5.50. The highest BCUT2D eigenvalue weighted by atomic mass is 16.1. The fraction of sp³-hybridized carbons (Fsp3) is 0.278. The van der Waals surface area contributed by atoms with Crippen molar-refractivity contribution in [3.05, 3.63) is 53.6 Å². The lowest BCUT2D eigenvalue weighted by Gasteiger charge is -2.18. The maximum Gasteiger partial charge on any atom is 0.255 e. The summed E-state index contributed by atoms with van der Waals surface area (Å²) in [4.78, 5) is 14.5. The van der Waals surface area contributed by atoms with Gasteiger partial charge in [-0.1, -0.05) is 13.0 Å². The molecule has 0 heterocycles. The quantitative estimate of drug-likeness (QED) is 0.828. The number of rotatable bonds is 5. The standard InChI is InChI=1S/C18H23N3O/c1-4-11-21(3)16-9-6-14(7-10-16)18(22)20-17-12-15(19)8-5-13(17)2/h5-10,12H,4,11,19H2,1-3H3,(H,20,22). The molecule has 0 saturated heterocycles. The molecule has 0 atom stereocenters. The fourth-order valence-corrected chi connectivity index (χ4v) is 2.30. The number of aryl methyl sites for hydroxylation is 1. The molecule has 0 aliphatic carbocycles. The number of nitrogens with zero attached hydrogens (tertiary/aromatic N) is 1. The summed E-state index contributed by atoms with van der Waals surface area (Å²) in [6, 6.07) is 13.1. The van der Waals surface area contributed by atoms with Crippen LogP contribution in [0.1, 0.15) is 29.3 Å². The molecule has 0 aliphatic heterocycles. The number of carbonyl (C=O) groups is 1. The summed E-state index contributed by atoms with van der Waals surface area (Å²) in [5.41, 5.74) is 9.88. The lowest BCUT2D eigenvalue weighted by atomic mass is 10.1. The van der Waals surface area contributed by atoms with E-state index in [9.17, 15) is 4.79 Å². The molecule has 0 bridgehead atoms. The Morgan fingerprint density at radius 1 is 1.18 bits per heavy atom. The molecule has 0 unspecified atom stereocenters. The van der Waals surface area contributed by atoms with Gasteiger partial charge in [-0.3, -0.25) is 4.79 Å². The van der Waals surface area contributed by atoms with Crippen LogP contribution in [-0.2, 0) is 0 Å². The van der Waals surface area contributed by atoms with E-state index in [1.807, 2.05) is 43.3 Å². The first kappa shape index (κ1) is 15.9. The molecule has 116 valence electrons. The predicted octanol–water partition coefficient (Wildman–Crippen LogP) is 3.68. The van der Waals surface area contributed by atoms with Gasteiger partial charge in [0.25, 0.3) is 5.91 Å². The Kier molecular flexibility index (Phi) is 5.04. The lowest BCUT2D eigenvalue weighted by Crippen LogP contribution is -2.18. The zero-order valence-corrected chi connectivity index (χ0v) is 13.4. The molecule has 3 N–H and O–H groups in total. The molecule has 22 heavy (non-hydrogen) atoms. The van der Waals surface area contributed by atoms with Crippen molar-refractivity contribution in [3.63, 3.8) is 0 Å². The number of carbonyl (C=O) groups excluding carboxylic acids is 1. The summed E-state index contributed by atoms with van der Waals surface area (Å²) < 4.78 is 0. The molecule has 0 aromatic heterocycles. The first-order chi connectivity index (χ1) is 10.5. The van der Waals surface area contributed by atoms with E-state index < -0.39 is 0 Å². The van der Waals surface area contributed by atoms with Crippen LogP contribution in [0.5, 0.6) is 0 Å². The average Bonchev–Trinajstić information content (AvgIpc) is 2.51. The zero-order valence-electron chi connectivity index (χ0n) is 13.4. The number of nitrogens with two attached hydrogens (primary N) is 1. The number of hydrogen-bond donors (Lipinski definition) is 2. The molecule has 2 rings (SSSR count). The van der Waals surface area contributed by atoms with E-state index in [-0.39, 0.29) is 5.91 Å². The van der Waals surface area contributed by atoms with Crippen LogP contribution >= 0.6 is 0 Å². The predicted molar refractivity (Wildman–Crippen MR) is 93.5 cm³/mol. The van der Waals surface area contributed by atoms with Crippen LogP contribution in [0.25, 0.3) is 0 Å². The van der Waals surface area contributed by atoms with Crippen molar-refractivity contribution in [2.24, 2.45) is 0 Å². The monoisotopic (exact) mass is 297 g/mol. The van der Waals surface area contributed by atoms with Crippen LogP contribution in [0.2, 0.25) is 0 Å². The van der Waals surface area contributed by atoms with Crippen LogP contribution in [-0.4, -0.2) is 19.5 Å². The van der Waals surface area contributed by atoms with E-state index in [2.05, 4.69) is 24.2 Å². The zero-order chi connectivity index (χ0) is 16.1. The van der Waals surface area contributed by atoms with Crippen molar-refractivity contribution >= 4 is 23.0 Å². The molecule has 4 heteroatoms. The van der Waals surface area contributed by atoms with Gasteiger partial charge in [-0.2, -0.15) is 0 Å². The van der Waals surface area contributed by atoms with Crippen LogP contribution in [0.3, 0.4) is 0 Å². The second kappa shape index (κ2) is 6.98. The van der Waals surface area contributed by atoms with E-state index in [4.69, 9.17) is 5.73 Å². The third-order valence-corrected chi connectivity index (χ3v) is 3.64. The van der Waals surface area contributed by atoms with E-state index in [1.54, 1.807) is 6.07 Å². The van der Waals surface area contributed by atoms with Gasteiger partial charge in [-0.15, -0.1) is 0 Å². The topological polar surface area (TPSA) is 58.4 Å². The number of hydrogen-bond acceptors (Lipinski definition) is 3. The minimum atomic E-state index is -0.126. The van der Waals surface area contributed by atoms with Gasteiger partial charge in [0.1, 0.15) is 0 Å². The number of anilines is 3. The molecule has 0 spiro atoms. The molecular formula is C18H23N3O. The van der Waals surface area contributed by atoms with Crippen LogP contribution in [0.15, 0.2) is 42.5 Å². The first-order valence-electron chi connectivity index (χ1n) is 7.50.